The first-order valence-corrected chi connectivity index (χ1v) is 12.0. The van der Waals surface area contributed by atoms with Gasteiger partial charge in [0.2, 0.25) is 0 Å². The third-order valence-electron chi connectivity index (χ3n) is 6.02. The van der Waals surface area contributed by atoms with E-state index in [0.29, 0.717) is 17.0 Å². The molecule has 11 nitrogen and oxygen atoms in total. The molecular weight excluding hydrogens is 464 g/mol. The summed E-state index contributed by atoms with van der Waals surface area (Å²) in [5.41, 5.74) is 7.12. The van der Waals surface area contributed by atoms with Crippen molar-refractivity contribution < 1.29 is 23.7 Å². The van der Waals surface area contributed by atoms with Gasteiger partial charge in [0.15, 0.2) is 29.0 Å². The number of hydrogen-bond acceptors (Lipinski definition) is 9. The fourth-order valence-corrected chi connectivity index (χ4v) is 4.61. The number of carbonyl (C=O) groups excluding carboxylic acids is 1. The molecule has 4 heterocycles. The Kier molecular flexibility index (Phi) is 6.19. The Hall–Kier alpha value is -3.12. The molecule has 5 rings (SSSR count). The van der Waals surface area contributed by atoms with Crippen molar-refractivity contribution in [1.82, 2.24) is 19.5 Å². The number of fused-ring (bicyclic) bond motifs is 2. The molecule has 0 saturated carbocycles. The number of aromatic nitrogens is 4. The number of benzene rings is 1. The van der Waals surface area contributed by atoms with E-state index in [1.807, 2.05) is 65.0 Å². The minimum atomic E-state index is -0.759. The summed E-state index contributed by atoms with van der Waals surface area (Å²) >= 11 is 0. The van der Waals surface area contributed by atoms with Crippen molar-refractivity contribution in [3.8, 4) is 0 Å². The number of anilines is 1. The molecule has 4 atom stereocenters. The van der Waals surface area contributed by atoms with Gasteiger partial charge >= 0.3 is 6.09 Å². The van der Waals surface area contributed by atoms with Crippen molar-refractivity contribution in [2.45, 2.75) is 77.1 Å². The molecule has 2 N–H and O–H groups in total. The maximum Gasteiger partial charge on any atom is 0.416 e. The van der Waals surface area contributed by atoms with Crippen LogP contribution in [-0.2, 0) is 25.5 Å². The third kappa shape index (κ3) is 4.66. The number of rotatable bonds is 5. The fourth-order valence-electron chi connectivity index (χ4n) is 4.61. The zero-order valence-corrected chi connectivity index (χ0v) is 21.1. The van der Waals surface area contributed by atoms with Crippen molar-refractivity contribution in [3.63, 3.8) is 0 Å². The number of nitrogens with zero attached hydrogens (tertiary/aromatic N) is 5. The van der Waals surface area contributed by atoms with Gasteiger partial charge in [0, 0.05) is 6.54 Å². The summed E-state index contributed by atoms with van der Waals surface area (Å²) in [5.74, 6) is -0.421. The molecule has 192 valence electrons. The Labute approximate surface area is 209 Å². The average molecular weight is 497 g/mol. The third-order valence-corrected chi connectivity index (χ3v) is 6.02. The highest BCUT2D eigenvalue weighted by Crippen LogP contribution is 2.43. The molecule has 1 amide bonds. The Morgan fingerprint density at radius 2 is 1.86 bits per heavy atom. The van der Waals surface area contributed by atoms with Crippen LogP contribution in [0.25, 0.3) is 11.2 Å². The molecule has 2 aromatic heterocycles. The number of imidazole rings is 1. The van der Waals surface area contributed by atoms with Gasteiger partial charge in [-0.25, -0.2) is 19.7 Å². The maximum atomic E-state index is 13.3. The lowest BCUT2D eigenvalue weighted by atomic mass is 10.1. The van der Waals surface area contributed by atoms with E-state index in [1.54, 1.807) is 10.9 Å². The lowest BCUT2D eigenvalue weighted by Gasteiger charge is -2.27. The summed E-state index contributed by atoms with van der Waals surface area (Å²) < 4.78 is 25.9. The van der Waals surface area contributed by atoms with Crippen LogP contribution in [-0.4, -0.2) is 61.9 Å². The monoisotopic (exact) mass is 496 g/mol. The van der Waals surface area contributed by atoms with Crippen LogP contribution < -0.4 is 10.6 Å². The van der Waals surface area contributed by atoms with Crippen LogP contribution in [0.1, 0.15) is 46.4 Å². The standard InChI is InChI=1S/C25H32N6O5/c1-24(2,3)36-23(32)30(12-15-9-7-6-8-10-15)20-17-21(28-13-27-20)31(14-29-17)22-19-18(16(11-26)33-22)34-25(4,5)35-19/h6-10,13-14,16,18-19,22H,11-12,26H2,1-5H3/t16-,18-,19-,22-/m1/s1. The van der Waals surface area contributed by atoms with Crippen molar-refractivity contribution in [1.29, 1.82) is 0 Å². The molecular formula is C25H32N6O5. The van der Waals surface area contributed by atoms with E-state index in [4.69, 9.17) is 24.7 Å². The minimum absolute atomic E-state index is 0.250. The molecule has 0 radical (unpaired) electrons. The number of carbonyl (C=O) groups is 1. The number of ether oxygens (including phenoxy) is 4. The highest BCUT2D eigenvalue weighted by atomic mass is 16.8. The molecule has 36 heavy (non-hydrogen) atoms. The molecule has 2 aliphatic heterocycles. The lowest BCUT2D eigenvalue weighted by Crippen LogP contribution is -2.37. The van der Waals surface area contributed by atoms with E-state index < -0.39 is 29.8 Å². The minimum Gasteiger partial charge on any atom is -0.443 e. The Bertz CT molecular complexity index is 1240. The lowest BCUT2D eigenvalue weighted by molar-refractivity contribution is -0.195. The van der Waals surface area contributed by atoms with Gasteiger partial charge in [-0.3, -0.25) is 9.47 Å². The zero-order valence-electron chi connectivity index (χ0n) is 21.1. The second-order valence-electron chi connectivity index (χ2n) is 10.4. The number of amides is 1. The predicted molar refractivity (Wildman–Crippen MR) is 131 cm³/mol. The second kappa shape index (κ2) is 9.07. The first-order valence-electron chi connectivity index (χ1n) is 12.0. The van der Waals surface area contributed by atoms with Crippen LogP contribution in [0.4, 0.5) is 10.6 Å². The van der Waals surface area contributed by atoms with E-state index >= 15 is 0 Å². The first kappa shape index (κ1) is 24.6. The van der Waals surface area contributed by atoms with E-state index in [1.165, 1.54) is 11.2 Å². The molecule has 2 aliphatic rings. The average Bonchev–Trinajstić information content (AvgIpc) is 3.47. The summed E-state index contributed by atoms with van der Waals surface area (Å²) in [4.78, 5) is 28.3. The molecule has 3 aromatic rings. The smallest absolute Gasteiger partial charge is 0.416 e. The molecule has 2 saturated heterocycles. The van der Waals surface area contributed by atoms with Gasteiger partial charge in [0.05, 0.1) is 12.9 Å². The Morgan fingerprint density at radius 3 is 2.56 bits per heavy atom. The zero-order chi connectivity index (χ0) is 25.7. The van der Waals surface area contributed by atoms with Crippen LogP contribution in [0, 0.1) is 0 Å². The van der Waals surface area contributed by atoms with Crippen LogP contribution in [0.15, 0.2) is 43.0 Å². The molecule has 0 aliphatic carbocycles. The Balaban J connectivity index is 1.54. The largest absolute Gasteiger partial charge is 0.443 e. The van der Waals surface area contributed by atoms with Gasteiger partial charge in [-0.15, -0.1) is 0 Å². The van der Waals surface area contributed by atoms with Crippen molar-refractivity contribution in [2.75, 3.05) is 11.4 Å². The van der Waals surface area contributed by atoms with E-state index in [-0.39, 0.29) is 25.3 Å². The Morgan fingerprint density at radius 1 is 1.14 bits per heavy atom. The molecule has 0 spiro atoms. The van der Waals surface area contributed by atoms with Crippen molar-refractivity contribution in [2.24, 2.45) is 5.73 Å². The van der Waals surface area contributed by atoms with Crippen LogP contribution >= 0.6 is 0 Å². The number of hydrogen-bond donors (Lipinski definition) is 1. The summed E-state index contributed by atoms with van der Waals surface area (Å²) in [6, 6.07) is 9.63. The van der Waals surface area contributed by atoms with Gasteiger partial charge in [-0.2, -0.15) is 0 Å². The highest BCUT2D eigenvalue weighted by molar-refractivity contribution is 5.95. The molecule has 2 fully saturated rings. The van der Waals surface area contributed by atoms with E-state index in [9.17, 15) is 4.79 Å². The van der Waals surface area contributed by atoms with Gasteiger partial charge in [0.1, 0.15) is 30.2 Å². The quantitative estimate of drug-likeness (QED) is 0.567. The normalized spacial score (nSPS) is 25.2. The first-order chi connectivity index (χ1) is 17.1. The summed E-state index contributed by atoms with van der Waals surface area (Å²) in [6.07, 6.45) is 0.893. The van der Waals surface area contributed by atoms with Crippen LogP contribution in [0.2, 0.25) is 0 Å². The maximum absolute atomic E-state index is 13.3. The van der Waals surface area contributed by atoms with Gasteiger partial charge < -0.3 is 24.7 Å². The predicted octanol–water partition coefficient (Wildman–Crippen LogP) is 3.14. The van der Waals surface area contributed by atoms with E-state index in [0.717, 1.165) is 5.56 Å². The topological polar surface area (TPSA) is 127 Å². The molecule has 11 heteroatoms. The van der Waals surface area contributed by atoms with Gasteiger partial charge in [0.25, 0.3) is 0 Å². The van der Waals surface area contributed by atoms with Crippen LogP contribution in [0.5, 0.6) is 0 Å². The van der Waals surface area contributed by atoms with Crippen molar-refractivity contribution >= 4 is 23.1 Å². The second-order valence-corrected chi connectivity index (χ2v) is 10.4. The summed E-state index contributed by atoms with van der Waals surface area (Å²) in [6.45, 7) is 9.73. The summed E-state index contributed by atoms with van der Waals surface area (Å²) in [5, 5.41) is 0. The van der Waals surface area contributed by atoms with Crippen LogP contribution in [0.3, 0.4) is 0 Å². The molecule has 0 unspecified atom stereocenters. The van der Waals surface area contributed by atoms with Crippen molar-refractivity contribution in [3.05, 3.63) is 48.5 Å². The van der Waals surface area contributed by atoms with Gasteiger partial charge in [-0.1, -0.05) is 30.3 Å². The molecule has 1 aromatic carbocycles. The molecule has 0 bridgehead atoms. The van der Waals surface area contributed by atoms with E-state index in [2.05, 4.69) is 15.0 Å². The number of nitrogens with two attached hydrogens (primary N) is 1. The highest BCUT2D eigenvalue weighted by Gasteiger charge is 2.55. The fraction of sp³-hybridized carbons (Fsp3) is 0.520. The van der Waals surface area contributed by atoms with Gasteiger partial charge in [-0.05, 0) is 40.2 Å². The SMILES string of the molecule is CC(C)(C)OC(=O)N(Cc1ccccc1)c1ncnc2c1ncn2[C@@H]1O[C@H](CN)[C@H]2OC(C)(C)O[C@H]21. The summed E-state index contributed by atoms with van der Waals surface area (Å²) in [7, 11) is 0.